The zero-order chi connectivity index (χ0) is 24.7. The fourth-order valence-corrected chi connectivity index (χ4v) is 4.64. The van der Waals surface area contributed by atoms with Crippen LogP contribution in [0.5, 0.6) is 0 Å². The van der Waals surface area contributed by atoms with E-state index in [2.05, 4.69) is 59.4 Å². The molecular formula is C27H40N6O. The van der Waals surface area contributed by atoms with E-state index in [1.165, 1.54) is 23.4 Å². The van der Waals surface area contributed by atoms with E-state index in [-0.39, 0.29) is 5.91 Å². The number of benzene rings is 1. The first-order valence-corrected chi connectivity index (χ1v) is 12.5. The van der Waals surface area contributed by atoms with Gasteiger partial charge in [0.2, 0.25) is 5.91 Å². The molecule has 1 aromatic carbocycles. The first-order chi connectivity index (χ1) is 16.3. The van der Waals surface area contributed by atoms with Gasteiger partial charge in [-0.1, -0.05) is 20.3 Å². The van der Waals surface area contributed by atoms with Gasteiger partial charge in [-0.05, 0) is 63.4 Å². The number of carbonyl (C=O) groups is 1. The van der Waals surface area contributed by atoms with Gasteiger partial charge >= 0.3 is 0 Å². The fourth-order valence-electron chi connectivity index (χ4n) is 4.64. The number of pyridine rings is 1. The van der Waals surface area contributed by atoms with Crippen molar-refractivity contribution in [1.82, 2.24) is 20.1 Å². The minimum absolute atomic E-state index is 0.0609. The summed E-state index contributed by atoms with van der Waals surface area (Å²) in [5, 5.41) is 11.8. The van der Waals surface area contributed by atoms with E-state index in [0.717, 1.165) is 42.5 Å². The summed E-state index contributed by atoms with van der Waals surface area (Å²) < 4.78 is 1.77. The molecule has 1 saturated heterocycles. The molecule has 3 heterocycles. The Morgan fingerprint density at radius 3 is 2.56 bits per heavy atom. The van der Waals surface area contributed by atoms with Crippen molar-refractivity contribution in [3.8, 4) is 0 Å². The third kappa shape index (κ3) is 6.79. The van der Waals surface area contributed by atoms with Crippen LogP contribution in [-0.4, -0.2) is 45.8 Å². The van der Waals surface area contributed by atoms with Gasteiger partial charge in [-0.15, -0.1) is 0 Å². The minimum atomic E-state index is 0.0609. The number of anilines is 2. The van der Waals surface area contributed by atoms with E-state index in [1.54, 1.807) is 4.68 Å². The molecule has 34 heavy (non-hydrogen) atoms. The molecule has 2 atom stereocenters. The second kappa shape index (κ2) is 12.0. The van der Waals surface area contributed by atoms with Gasteiger partial charge in [0.1, 0.15) is 0 Å². The van der Waals surface area contributed by atoms with Crippen LogP contribution in [0, 0.1) is 6.92 Å². The summed E-state index contributed by atoms with van der Waals surface area (Å²) in [5.41, 5.74) is 5.79. The maximum atomic E-state index is 11.4. The monoisotopic (exact) mass is 464 g/mol. The summed E-state index contributed by atoms with van der Waals surface area (Å²) in [6.45, 7) is 13.0. The summed E-state index contributed by atoms with van der Waals surface area (Å²) in [6, 6.07) is 9.02. The molecule has 3 aromatic rings. The van der Waals surface area contributed by atoms with Crippen LogP contribution >= 0.6 is 0 Å². The molecular weight excluding hydrogens is 424 g/mol. The predicted octanol–water partition coefficient (Wildman–Crippen LogP) is 4.84. The number of fused-ring (bicyclic) bond motifs is 1. The van der Waals surface area contributed by atoms with Crippen LogP contribution in [0.25, 0.3) is 10.9 Å². The Kier molecular flexibility index (Phi) is 9.05. The summed E-state index contributed by atoms with van der Waals surface area (Å²) in [4.78, 5) is 18.4. The molecule has 1 aliphatic heterocycles. The van der Waals surface area contributed by atoms with E-state index in [9.17, 15) is 4.79 Å². The molecule has 2 N–H and O–H groups in total. The van der Waals surface area contributed by atoms with Gasteiger partial charge in [-0.25, -0.2) is 0 Å². The average molecular weight is 465 g/mol. The van der Waals surface area contributed by atoms with Crippen molar-refractivity contribution in [3.63, 3.8) is 0 Å². The first kappa shape index (κ1) is 25.7. The van der Waals surface area contributed by atoms with Crippen molar-refractivity contribution in [3.05, 3.63) is 47.9 Å². The van der Waals surface area contributed by atoms with E-state index in [0.29, 0.717) is 18.5 Å². The van der Waals surface area contributed by atoms with Crippen molar-refractivity contribution >= 4 is 28.2 Å². The second-order valence-electron chi connectivity index (χ2n) is 9.39. The van der Waals surface area contributed by atoms with Crippen LogP contribution in [0.4, 0.5) is 11.4 Å². The topological polar surface area (TPSA) is 75.1 Å². The van der Waals surface area contributed by atoms with Crippen LogP contribution in [0.3, 0.4) is 0 Å². The Morgan fingerprint density at radius 1 is 1.15 bits per heavy atom. The predicted molar refractivity (Wildman–Crippen MR) is 141 cm³/mol. The molecule has 184 valence electrons. The molecule has 0 spiro atoms. The quantitative estimate of drug-likeness (QED) is 0.546. The number of rotatable bonds is 6. The number of carbonyl (C=O) groups excluding carboxylic acids is 1. The average Bonchev–Trinajstić information content (AvgIpc) is 3.14. The highest BCUT2D eigenvalue weighted by Crippen LogP contribution is 2.25. The lowest BCUT2D eigenvalue weighted by Crippen LogP contribution is -2.54. The minimum Gasteiger partial charge on any atom is -0.368 e. The van der Waals surface area contributed by atoms with E-state index < -0.39 is 0 Å². The molecule has 7 nitrogen and oxygen atoms in total. The fraction of sp³-hybridized carbons (Fsp3) is 0.519. The Bertz CT molecular complexity index is 1080. The lowest BCUT2D eigenvalue weighted by molar-refractivity contribution is -0.116. The van der Waals surface area contributed by atoms with Gasteiger partial charge in [0, 0.05) is 73.5 Å². The highest BCUT2D eigenvalue weighted by Gasteiger charge is 2.23. The molecule has 1 aliphatic rings. The smallest absolute Gasteiger partial charge is 0.224 e. The molecule has 1 amide bonds. The zero-order valence-corrected chi connectivity index (χ0v) is 21.6. The SMILES string of the molecule is CCCC(=O)Nc1ccc2nn(C)cc2c1.CCCc1c(N2CC(C)NC(C)C2)ccnc1C. The summed E-state index contributed by atoms with van der Waals surface area (Å²) in [6.07, 6.45) is 7.61. The van der Waals surface area contributed by atoms with Gasteiger partial charge in [-0.3, -0.25) is 14.5 Å². The Morgan fingerprint density at radius 2 is 1.88 bits per heavy atom. The van der Waals surface area contributed by atoms with Gasteiger partial charge in [0.05, 0.1) is 5.52 Å². The number of aryl methyl sites for hydroxylation is 2. The molecule has 7 heteroatoms. The van der Waals surface area contributed by atoms with Crippen LogP contribution in [-0.2, 0) is 18.3 Å². The molecule has 1 fully saturated rings. The summed E-state index contributed by atoms with van der Waals surface area (Å²) >= 11 is 0. The van der Waals surface area contributed by atoms with E-state index >= 15 is 0 Å². The Balaban J connectivity index is 0.000000192. The number of aromatic nitrogens is 3. The van der Waals surface area contributed by atoms with Gasteiger partial charge in [0.25, 0.3) is 0 Å². The maximum absolute atomic E-state index is 11.4. The second-order valence-corrected chi connectivity index (χ2v) is 9.39. The number of amides is 1. The van der Waals surface area contributed by atoms with Gasteiger partial charge < -0.3 is 15.5 Å². The van der Waals surface area contributed by atoms with Crippen LogP contribution in [0.1, 0.15) is 58.2 Å². The molecule has 0 radical (unpaired) electrons. The van der Waals surface area contributed by atoms with Crippen molar-refractivity contribution in [1.29, 1.82) is 0 Å². The Labute approximate surface area is 203 Å². The molecule has 0 saturated carbocycles. The highest BCUT2D eigenvalue weighted by molar-refractivity contribution is 5.93. The number of piperazine rings is 1. The van der Waals surface area contributed by atoms with Crippen molar-refractivity contribution in [2.45, 2.75) is 72.4 Å². The lowest BCUT2D eigenvalue weighted by Gasteiger charge is -2.38. The lowest BCUT2D eigenvalue weighted by atomic mass is 10.0. The third-order valence-electron chi connectivity index (χ3n) is 6.02. The third-order valence-corrected chi connectivity index (χ3v) is 6.02. The zero-order valence-electron chi connectivity index (χ0n) is 21.6. The number of hydrogen-bond donors (Lipinski definition) is 2. The van der Waals surface area contributed by atoms with Crippen LogP contribution < -0.4 is 15.5 Å². The Hall–Kier alpha value is -2.93. The molecule has 0 aliphatic carbocycles. The van der Waals surface area contributed by atoms with E-state index in [4.69, 9.17) is 0 Å². The number of nitrogens with zero attached hydrogens (tertiary/aromatic N) is 4. The maximum Gasteiger partial charge on any atom is 0.224 e. The van der Waals surface area contributed by atoms with Crippen molar-refractivity contribution < 1.29 is 4.79 Å². The summed E-state index contributed by atoms with van der Waals surface area (Å²) in [5.74, 6) is 0.0609. The molecule has 2 unspecified atom stereocenters. The largest absolute Gasteiger partial charge is 0.368 e. The number of nitrogens with one attached hydrogen (secondary N) is 2. The molecule has 4 rings (SSSR count). The first-order valence-electron chi connectivity index (χ1n) is 12.5. The van der Waals surface area contributed by atoms with Gasteiger partial charge in [0.15, 0.2) is 0 Å². The highest BCUT2D eigenvalue weighted by atomic mass is 16.1. The van der Waals surface area contributed by atoms with Crippen molar-refractivity contribution in [2.75, 3.05) is 23.3 Å². The number of hydrogen-bond acceptors (Lipinski definition) is 5. The van der Waals surface area contributed by atoms with E-state index in [1.807, 2.05) is 44.6 Å². The van der Waals surface area contributed by atoms with Crippen molar-refractivity contribution in [2.24, 2.45) is 7.05 Å². The molecule has 2 aromatic heterocycles. The van der Waals surface area contributed by atoms with Gasteiger partial charge in [-0.2, -0.15) is 5.10 Å². The molecule has 0 bridgehead atoms. The summed E-state index contributed by atoms with van der Waals surface area (Å²) in [7, 11) is 1.88. The van der Waals surface area contributed by atoms with Crippen LogP contribution in [0.15, 0.2) is 36.7 Å². The van der Waals surface area contributed by atoms with Crippen LogP contribution in [0.2, 0.25) is 0 Å². The standard InChI is InChI=1S/C15H25N3.C12H15N3O/c1-5-6-14-13(4)16-8-7-15(14)18-9-11(2)17-12(3)10-18;1-3-4-12(16)13-10-5-6-11-9(7-10)8-15(2)14-11/h7-8,11-12,17H,5-6,9-10H2,1-4H3;5-8H,3-4H2,1-2H3,(H,13,16). The normalized spacial score (nSPS) is 17.9.